The minimum Gasteiger partial charge on any atom is -0.387 e. The van der Waals surface area contributed by atoms with Crippen molar-refractivity contribution in [2.24, 2.45) is 0 Å². The van der Waals surface area contributed by atoms with Crippen molar-refractivity contribution < 1.29 is 14.4 Å². The SMILES string of the molecule is CCCC[C@H](O)C[NH+]1CCc2nc(Cc3ccccc3F)[nH]c(=O)c2C1. The van der Waals surface area contributed by atoms with Crippen LogP contribution in [0.15, 0.2) is 29.1 Å². The molecule has 0 aliphatic carbocycles. The maximum atomic E-state index is 13.8. The molecule has 2 atom stereocenters. The molecule has 0 radical (unpaired) electrons. The average molecular weight is 360 g/mol. The fourth-order valence-corrected chi connectivity index (χ4v) is 3.57. The van der Waals surface area contributed by atoms with E-state index in [-0.39, 0.29) is 23.9 Å². The summed E-state index contributed by atoms with van der Waals surface area (Å²) in [6.07, 6.45) is 3.57. The number of hydrogen-bond donors (Lipinski definition) is 3. The maximum Gasteiger partial charge on any atom is 0.260 e. The fraction of sp³-hybridized carbons (Fsp3) is 0.500. The number of nitrogens with zero attached hydrogens (tertiary/aromatic N) is 1. The quantitative estimate of drug-likeness (QED) is 0.690. The van der Waals surface area contributed by atoms with Crippen LogP contribution < -0.4 is 10.5 Å². The Morgan fingerprint density at radius 3 is 2.96 bits per heavy atom. The lowest BCUT2D eigenvalue weighted by Crippen LogP contribution is -3.13. The van der Waals surface area contributed by atoms with Crippen LogP contribution in [0.4, 0.5) is 4.39 Å². The third kappa shape index (κ3) is 4.56. The summed E-state index contributed by atoms with van der Waals surface area (Å²) in [5, 5.41) is 10.1. The Balaban J connectivity index is 1.71. The van der Waals surface area contributed by atoms with Gasteiger partial charge in [-0.25, -0.2) is 9.37 Å². The van der Waals surface area contributed by atoms with E-state index in [0.717, 1.165) is 31.5 Å². The molecule has 2 heterocycles. The summed E-state index contributed by atoms with van der Waals surface area (Å²) in [5.41, 5.74) is 1.90. The first-order chi connectivity index (χ1) is 12.6. The van der Waals surface area contributed by atoms with E-state index >= 15 is 0 Å². The van der Waals surface area contributed by atoms with Crippen molar-refractivity contribution in [1.82, 2.24) is 9.97 Å². The van der Waals surface area contributed by atoms with Crippen LogP contribution >= 0.6 is 0 Å². The van der Waals surface area contributed by atoms with E-state index in [1.54, 1.807) is 18.2 Å². The molecule has 6 heteroatoms. The highest BCUT2D eigenvalue weighted by Gasteiger charge is 2.25. The van der Waals surface area contributed by atoms with Gasteiger partial charge in [0.05, 0.1) is 17.8 Å². The molecule has 5 nitrogen and oxygen atoms in total. The Labute approximate surface area is 152 Å². The third-order valence-electron chi connectivity index (χ3n) is 5.02. The number of unbranched alkanes of at least 4 members (excludes halogenated alkanes) is 1. The van der Waals surface area contributed by atoms with E-state index in [1.165, 1.54) is 11.0 Å². The smallest absolute Gasteiger partial charge is 0.260 e. The molecular weight excluding hydrogens is 333 g/mol. The zero-order valence-corrected chi connectivity index (χ0v) is 15.2. The van der Waals surface area contributed by atoms with Gasteiger partial charge in [-0.2, -0.15) is 0 Å². The van der Waals surface area contributed by atoms with Gasteiger partial charge in [-0.1, -0.05) is 38.0 Å². The number of aliphatic hydroxyl groups is 1. The number of fused-ring (bicyclic) bond motifs is 1. The zero-order chi connectivity index (χ0) is 18.5. The van der Waals surface area contributed by atoms with Gasteiger partial charge in [0, 0.05) is 12.8 Å². The normalized spacial score (nSPS) is 17.7. The summed E-state index contributed by atoms with van der Waals surface area (Å²) >= 11 is 0. The minimum atomic E-state index is -0.320. The molecule has 3 rings (SSSR count). The van der Waals surface area contributed by atoms with Crippen LogP contribution in [0.3, 0.4) is 0 Å². The molecule has 140 valence electrons. The van der Waals surface area contributed by atoms with E-state index in [4.69, 9.17) is 0 Å². The number of benzene rings is 1. The van der Waals surface area contributed by atoms with Gasteiger partial charge in [0.2, 0.25) is 0 Å². The van der Waals surface area contributed by atoms with Crippen molar-refractivity contribution in [3.8, 4) is 0 Å². The molecule has 0 fully saturated rings. The molecule has 1 aliphatic rings. The lowest BCUT2D eigenvalue weighted by Gasteiger charge is -2.26. The predicted molar refractivity (Wildman–Crippen MR) is 97.7 cm³/mol. The highest BCUT2D eigenvalue weighted by molar-refractivity contribution is 5.24. The van der Waals surface area contributed by atoms with Gasteiger partial charge in [0.25, 0.3) is 5.56 Å². The van der Waals surface area contributed by atoms with E-state index in [2.05, 4.69) is 16.9 Å². The largest absolute Gasteiger partial charge is 0.387 e. The van der Waals surface area contributed by atoms with Gasteiger partial charge < -0.3 is 15.0 Å². The standard InChI is InChI=1S/C20H26FN3O2/c1-2-3-7-15(25)12-24-10-9-18-16(13-24)20(26)23-19(22-18)11-14-6-4-5-8-17(14)21/h4-6,8,15,25H,2-3,7,9-13H2,1H3,(H,22,23,26)/p+1/t15-/m0/s1. The molecule has 0 saturated carbocycles. The summed E-state index contributed by atoms with van der Waals surface area (Å²) in [6, 6.07) is 6.55. The Bertz CT molecular complexity index is 806. The number of aliphatic hydroxyl groups excluding tert-OH is 1. The number of nitrogens with one attached hydrogen (secondary N) is 2. The topological polar surface area (TPSA) is 70.4 Å². The van der Waals surface area contributed by atoms with Crippen molar-refractivity contribution in [2.75, 3.05) is 13.1 Å². The number of rotatable bonds is 7. The second-order valence-corrected chi connectivity index (χ2v) is 7.13. The van der Waals surface area contributed by atoms with Gasteiger partial charge in [0.15, 0.2) is 0 Å². The van der Waals surface area contributed by atoms with Gasteiger partial charge in [-0.15, -0.1) is 0 Å². The Morgan fingerprint density at radius 2 is 2.19 bits per heavy atom. The summed E-state index contributed by atoms with van der Waals surface area (Å²) in [4.78, 5) is 21.1. The number of quaternary nitrogens is 1. The summed E-state index contributed by atoms with van der Waals surface area (Å²) in [7, 11) is 0. The molecule has 1 unspecified atom stereocenters. The number of halogens is 1. The van der Waals surface area contributed by atoms with E-state index in [9.17, 15) is 14.3 Å². The van der Waals surface area contributed by atoms with Crippen LogP contribution in [0, 0.1) is 5.82 Å². The van der Waals surface area contributed by atoms with E-state index < -0.39 is 0 Å². The predicted octanol–water partition coefficient (Wildman–Crippen LogP) is 0.992. The lowest BCUT2D eigenvalue weighted by molar-refractivity contribution is -0.919. The van der Waals surface area contributed by atoms with Crippen molar-refractivity contribution in [3.05, 3.63) is 63.1 Å². The second kappa shape index (κ2) is 8.56. The molecule has 0 amide bonds. The second-order valence-electron chi connectivity index (χ2n) is 7.13. The van der Waals surface area contributed by atoms with Crippen LogP contribution in [-0.2, 0) is 19.4 Å². The lowest BCUT2D eigenvalue weighted by atomic mass is 10.0. The summed E-state index contributed by atoms with van der Waals surface area (Å²) < 4.78 is 13.8. The maximum absolute atomic E-state index is 13.8. The average Bonchev–Trinajstić information content (AvgIpc) is 2.62. The first-order valence-corrected chi connectivity index (χ1v) is 9.42. The molecule has 1 aromatic carbocycles. The van der Waals surface area contributed by atoms with Crippen LogP contribution in [-0.4, -0.2) is 34.3 Å². The molecule has 0 spiro atoms. The third-order valence-corrected chi connectivity index (χ3v) is 5.02. The molecule has 1 aliphatic heterocycles. The number of H-pyrrole nitrogens is 1. The van der Waals surface area contributed by atoms with Crippen molar-refractivity contribution in [1.29, 1.82) is 0 Å². The van der Waals surface area contributed by atoms with Gasteiger partial charge in [-0.3, -0.25) is 4.79 Å². The number of hydrogen-bond acceptors (Lipinski definition) is 3. The first kappa shape index (κ1) is 18.7. The van der Waals surface area contributed by atoms with Gasteiger partial charge in [0.1, 0.15) is 30.8 Å². The van der Waals surface area contributed by atoms with Gasteiger partial charge in [-0.05, 0) is 18.1 Å². The van der Waals surface area contributed by atoms with Crippen LogP contribution in [0.1, 0.15) is 48.8 Å². The van der Waals surface area contributed by atoms with E-state index in [0.29, 0.717) is 36.5 Å². The number of aromatic amines is 1. The molecule has 0 bridgehead atoms. The Kier molecular flexibility index (Phi) is 6.16. The molecular formula is C20H27FN3O2+. The van der Waals surface area contributed by atoms with Gasteiger partial charge >= 0.3 is 0 Å². The van der Waals surface area contributed by atoms with Crippen LogP contribution in [0.5, 0.6) is 0 Å². The highest BCUT2D eigenvalue weighted by Crippen LogP contribution is 2.12. The molecule has 26 heavy (non-hydrogen) atoms. The van der Waals surface area contributed by atoms with Crippen molar-refractivity contribution in [2.45, 2.75) is 51.7 Å². The molecule has 2 aromatic rings. The monoisotopic (exact) mass is 360 g/mol. The van der Waals surface area contributed by atoms with E-state index in [1.807, 2.05) is 0 Å². The highest BCUT2D eigenvalue weighted by atomic mass is 19.1. The minimum absolute atomic E-state index is 0.137. The summed E-state index contributed by atoms with van der Waals surface area (Å²) in [5.74, 6) is 0.217. The Morgan fingerprint density at radius 1 is 1.38 bits per heavy atom. The molecule has 1 aromatic heterocycles. The molecule has 0 saturated heterocycles. The van der Waals surface area contributed by atoms with Crippen molar-refractivity contribution in [3.63, 3.8) is 0 Å². The first-order valence-electron chi connectivity index (χ1n) is 9.42. The van der Waals surface area contributed by atoms with Crippen molar-refractivity contribution >= 4 is 0 Å². The Hall–Kier alpha value is -2.05. The summed E-state index contributed by atoms with van der Waals surface area (Å²) in [6.45, 7) is 4.21. The van der Waals surface area contributed by atoms with Crippen LogP contribution in [0.25, 0.3) is 0 Å². The fourth-order valence-electron chi connectivity index (χ4n) is 3.57. The molecule has 3 N–H and O–H groups in total. The number of aromatic nitrogens is 2. The van der Waals surface area contributed by atoms with Crippen LogP contribution in [0.2, 0.25) is 0 Å². The zero-order valence-electron chi connectivity index (χ0n) is 15.2.